The molecule has 1 fully saturated rings. The predicted molar refractivity (Wildman–Crippen MR) is 124 cm³/mol. The van der Waals surface area contributed by atoms with E-state index >= 15 is 0 Å². The molecule has 6 heteroatoms. The Morgan fingerprint density at radius 3 is 2.63 bits per heavy atom. The molecule has 5 rings (SSSR count). The second-order valence-electron chi connectivity index (χ2n) is 8.38. The Morgan fingerprint density at radius 1 is 1.03 bits per heavy atom. The van der Waals surface area contributed by atoms with Crippen molar-refractivity contribution < 1.29 is 4.74 Å². The summed E-state index contributed by atoms with van der Waals surface area (Å²) in [5.74, 6) is 1.92. The van der Waals surface area contributed by atoms with E-state index in [0.717, 1.165) is 42.5 Å². The van der Waals surface area contributed by atoms with Crippen LogP contribution >= 0.6 is 11.3 Å². The molecule has 1 unspecified atom stereocenters. The molecule has 158 valence electrons. The lowest BCUT2D eigenvalue weighted by Gasteiger charge is -2.35. The number of aryl methyl sites for hydroxylation is 2. The van der Waals surface area contributed by atoms with Crippen molar-refractivity contribution in [3.63, 3.8) is 0 Å². The highest BCUT2D eigenvalue weighted by molar-refractivity contribution is 7.19. The minimum atomic E-state index is 0.329. The Hall–Kier alpha value is -2.18. The maximum atomic E-state index is 5.37. The van der Waals surface area contributed by atoms with Gasteiger partial charge >= 0.3 is 0 Å². The zero-order chi connectivity index (χ0) is 20.3. The number of thiophene rings is 1. The lowest BCUT2D eigenvalue weighted by atomic mass is 9.97. The molecule has 0 radical (unpaired) electrons. The fourth-order valence-corrected chi connectivity index (χ4v) is 6.16. The van der Waals surface area contributed by atoms with Crippen LogP contribution in [0, 0.1) is 0 Å². The largest absolute Gasteiger partial charge is 0.497 e. The number of rotatable bonds is 6. The standard InChI is InChI=1S/C24H30N4OS/c1-29-18-11-9-17(10-12-18)20(28-13-5-2-6-14-28)15-25-23-22-19-7-3-4-8-21(19)30-24(22)27-16-26-23/h9-12,16,20H,2-8,13-15H2,1H3,(H,25,26,27). The molecule has 30 heavy (non-hydrogen) atoms. The summed E-state index contributed by atoms with van der Waals surface area (Å²) in [6.45, 7) is 3.17. The number of hydrogen-bond acceptors (Lipinski definition) is 6. The Balaban J connectivity index is 1.43. The molecule has 0 amide bonds. The van der Waals surface area contributed by atoms with Crippen LogP contribution in [0.5, 0.6) is 5.75 Å². The normalized spacial score (nSPS) is 18.2. The average molecular weight is 423 g/mol. The van der Waals surface area contributed by atoms with E-state index in [-0.39, 0.29) is 0 Å². The first-order valence-corrected chi connectivity index (χ1v) is 12.0. The number of benzene rings is 1. The highest BCUT2D eigenvalue weighted by Gasteiger charge is 2.24. The Bertz CT molecular complexity index is 994. The summed E-state index contributed by atoms with van der Waals surface area (Å²) in [6, 6.07) is 8.90. The van der Waals surface area contributed by atoms with E-state index in [1.54, 1.807) is 13.4 Å². The quantitative estimate of drug-likeness (QED) is 0.590. The van der Waals surface area contributed by atoms with E-state index in [4.69, 9.17) is 4.74 Å². The van der Waals surface area contributed by atoms with Gasteiger partial charge in [0.05, 0.1) is 18.5 Å². The number of fused-ring (bicyclic) bond motifs is 3. The molecule has 1 saturated heterocycles. The number of nitrogens with one attached hydrogen (secondary N) is 1. The van der Waals surface area contributed by atoms with Crippen LogP contribution in [0.15, 0.2) is 30.6 Å². The van der Waals surface area contributed by atoms with Crippen molar-refractivity contribution >= 4 is 27.4 Å². The molecule has 3 aromatic rings. The minimum Gasteiger partial charge on any atom is -0.497 e. The number of ether oxygens (including phenoxy) is 1. The molecular weight excluding hydrogens is 392 g/mol. The van der Waals surface area contributed by atoms with E-state index in [2.05, 4.69) is 44.5 Å². The third kappa shape index (κ3) is 3.91. The van der Waals surface area contributed by atoms with Crippen LogP contribution < -0.4 is 10.1 Å². The van der Waals surface area contributed by atoms with Crippen LogP contribution in [0.4, 0.5) is 5.82 Å². The lowest BCUT2D eigenvalue weighted by molar-refractivity contribution is 0.170. The highest BCUT2D eigenvalue weighted by Crippen LogP contribution is 2.38. The maximum Gasteiger partial charge on any atom is 0.138 e. The first-order valence-electron chi connectivity index (χ1n) is 11.2. The second kappa shape index (κ2) is 8.90. The summed E-state index contributed by atoms with van der Waals surface area (Å²) >= 11 is 1.86. The summed E-state index contributed by atoms with van der Waals surface area (Å²) in [7, 11) is 1.72. The molecule has 1 aliphatic carbocycles. The van der Waals surface area contributed by atoms with Gasteiger partial charge in [-0.3, -0.25) is 4.90 Å². The number of anilines is 1. The molecule has 1 atom stereocenters. The van der Waals surface area contributed by atoms with Crippen LogP contribution in [0.25, 0.3) is 10.2 Å². The molecule has 0 bridgehead atoms. The van der Waals surface area contributed by atoms with Gasteiger partial charge in [0, 0.05) is 11.4 Å². The monoisotopic (exact) mass is 422 g/mol. The summed E-state index contributed by atoms with van der Waals surface area (Å²) in [4.78, 5) is 14.5. The summed E-state index contributed by atoms with van der Waals surface area (Å²) in [5, 5.41) is 5.00. The Morgan fingerprint density at radius 2 is 1.83 bits per heavy atom. The number of piperidine rings is 1. The SMILES string of the molecule is COc1ccc(C(CNc2ncnc3sc4c(c23)CCCC4)N2CCCCC2)cc1. The molecule has 1 aliphatic heterocycles. The molecule has 0 saturated carbocycles. The number of aromatic nitrogens is 2. The van der Waals surface area contributed by atoms with Crippen LogP contribution in [0.1, 0.15) is 54.1 Å². The zero-order valence-corrected chi connectivity index (χ0v) is 18.5. The third-order valence-corrected chi connectivity index (χ3v) is 7.75. The van der Waals surface area contributed by atoms with E-state index in [1.807, 2.05) is 11.3 Å². The molecule has 2 aliphatic rings. The highest BCUT2D eigenvalue weighted by atomic mass is 32.1. The number of nitrogens with zero attached hydrogens (tertiary/aromatic N) is 3. The molecule has 3 heterocycles. The van der Waals surface area contributed by atoms with E-state index in [1.165, 1.54) is 59.9 Å². The van der Waals surface area contributed by atoms with Crippen molar-refractivity contribution in [3.8, 4) is 5.75 Å². The van der Waals surface area contributed by atoms with E-state index in [0.29, 0.717) is 6.04 Å². The first-order chi connectivity index (χ1) is 14.8. The van der Waals surface area contributed by atoms with Crippen molar-refractivity contribution in [1.82, 2.24) is 14.9 Å². The summed E-state index contributed by atoms with van der Waals surface area (Å²) in [6.07, 6.45) is 10.5. The average Bonchev–Trinajstić information content (AvgIpc) is 3.20. The number of likely N-dealkylation sites (tertiary alicyclic amines) is 1. The number of hydrogen-bond donors (Lipinski definition) is 1. The molecular formula is C24H30N4OS. The van der Waals surface area contributed by atoms with Crippen LogP contribution in [-0.2, 0) is 12.8 Å². The van der Waals surface area contributed by atoms with Gasteiger partial charge in [0.1, 0.15) is 22.7 Å². The van der Waals surface area contributed by atoms with Gasteiger partial charge in [-0.05, 0) is 74.9 Å². The van der Waals surface area contributed by atoms with Crippen molar-refractivity contribution in [3.05, 3.63) is 46.6 Å². The fraction of sp³-hybridized carbons (Fsp3) is 0.500. The fourth-order valence-electron chi connectivity index (χ4n) is 4.93. The molecule has 0 spiro atoms. The third-order valence-electron chi connectivity index (χ3n) is 6.55. The van der Waals surface area contributed by atoms with Crippen molar-refractivity contribution in [1.29, 1.82) is 0 Å². The van der Waals surface area contributed by atoms with Gasteiger partial charge in [-0.15, -0.1) is 11.3 Å². The molecule has 5 nitrogen and oxygen atoms in total. The zero-order valence-electron chi connectivity index (χ0n) is 17.7. The Labute approximate surface area is 182 Å². The van der Waals surface area contributed by atoms with Gasteiger partial charge in [0.2, 0.25) is 0 Å². The Kier molecular flexibility index (Phi) is 5.86. The maximum absolute atomic E-state index is 5.37. The summed E-state index contributed by atoms with van der Waals surface area (Å²) in [5.41, 5.74) is 2.83. The van der Waals surface area contributed by atoms with Crippen LogP contribution in [0.2, 0.25) is 0 Å². The van der Waals surface area contributed by atoms with Gasteiger partial charge in [0.25, 0.3) is 0 Å². The second-order valence-corrected chi connectivity index (χ2v) is 9.46. The van der Waals surface area contributed by atoms with Gasteiger partial charge in [-0.25, -0.2) is 9.97 Å². The smallest absolute Gasteiger partial charge is 0.138 e. The van der Waals surface area contributed by atoms with Gasteiger partial charge < -0.3 is 10.1 Å². The summed E-state index contributed by atoms with van der Waals surface area (Å²) < 4.78 is 5.37. The van der Waals surface area contributed by atoms with Crippen molar-refractivity contribution in [2.75, 3.05) is 32.1 Å². The van der Waals surface area contributed by atoms with Gasteiger partial charge in [0.15, 0.2) is 0 Å². The topological polar surface area (TPSA) is 50.3 Å². The lowest BCUT2D eigenvalue weighted by Crippen LogP contribution is -2.37. The van der Waals surface area contributed by atoms with Gasteiger partial charge in [-0.2, -0.15) is 0 Å². The minimum absolute atomic E-state index is 0.329. The molecule has 1 N–H and O–H groups in total. The van der Waals surface area contributed by atoms with Crippen LogP contribution in [-0.4, -0.2) is 41.6 Å². The first kappa shape index (κ1) is 19.8. The number of methoxy groups -OCH3 is 1. The predicted octanol–water partition coefficient (Wildman–Crippen LogP) is 5.22. The van der Waals surface area contributed by atoms with Crippen molar-refractivity contribution in [2.24, 2.45) is 0 Å². The molecule has 2 aromatic heterocycles. The van der Waals surface area contributed by atoms with Crippen LogP contribution in [0.3, 0.4) is 0 Å². The van der Waals surface area contributed by atoms with E-state index < -0.39 is 0 Å². The van der Waals surface area contributed by atoms with Crippen molar-refractivity contribution in [2.45, 2.75) is 51.0 Å². The van der Waals surface area contributed by atoms with Gasteiger partial charge in [-0.1, -0.05) is 18.6 Å². The van der Waals surface area contributed by atoms with E-state index in [9.17, 15) is 0 Å². The molecule has 1 aromatic carbocycles.